The molecule has 0 aromatic heterocycles. The fourth-order valence-electron chi connectivity index (χ4n) is 1.84. The lowest BCUT2D eigenvalue weighted by Gasteiger charge is -2.22. The van der Waals surface area contributed by atoms with Gasteiger partial charge >= 0.3 is 5.97 Å². The molecule has 1 unspecified atom stereocenters. The number of rotatable bonds is 7. The Bertz CT molecular complexity index is 349. The highest BCUT2D eigenvalue weighted by Gasteiger charge is 2.33. The quantitative estimate of drug-likeness (QED) is 0.672. The molecule has 1 aliphatic heterocycles. The van der Waals surface area contributed by atoms with Gasteiger partial charge in [0.05, 0.1) is 5.88 Å². The van der Waals surface area contributed by atoms with E-state index in [2.05, 4.69) is 5.32 Å². The van der Waals surface area contributed by atoms with E-state index in [9.17, 15) is 14.4 Å². The van der Waals surface area contributed by atoms with Crippen molar-refractivity contribution in [2.75, 3.05) is 18.2 Å². The minimum atomic E-state index is -0.821. The fraction of sp³-hybridized carbons (Fsp3) is 0.750. The number of hydrogen-bond donors (Lipinski definition) is 2. The summed E-state index contributed by atoms with van der Waals surface area (Å²) >= 11 is 1.58. The zero-order chi connectivity index (χ0) is 14.3. The van der Waals surface area contributed by atoms with E-state index < -0.39 is 5.97 Å². The van der Waals surface area contributed by atoms with Crippen molar-refractivity contribution in [2.24, 2.45) is 0 Å². The molecule has 0 aromatic rings. The van der Waals surface area contributed by atoms with Gasteiger partial charge in [0.1, 0.15) is 6.04 Å². The molecule has 1 heterocycles. The number of thioether (sulfide) groups is 1. The van der Waals surface area contributed by atoms with E-state index in [-0.39, 0.29) is 24.3 Å². The van der Waals surface area contributed by atoms with Crippen molar-refractivity contribution in [3.05, 3.63) is 0 Å². The predicted molar refractivity (Wildman–Crippen MR) is 72.7 cm³/mol. The second-order valence-corrected chi connectivity index (χ2v) is 5.37. The van der Waals surface area contributed by atoms with Crippen molar-refractivity contribution in [1.29, 1.82) is 0 Å². The normalized spacial score (nSPS) is 18.4. The first-order valence-electron chi connectivity index (χ1n) is 6.43. The molecule has 1 rings (SSSR count). The number of amides is 2. The van der Waals surface area contributed by atoms with Crippen LogP contribution in [0.4, 0.5) is 0 Å². The number of carbonyl (C=O) groups excluding carboxylic acids is 2. The lowest BCUT2D eigenvalue weighted by atomic mass is 10.2. The first-order valence-corrected chi connectivity index (χ1v) is 7.58. The molecule has 2 N–H and O–H groups in total. The van der Waals surface area contributed by atoms with E-state index in [1.165, 1.54) is 0 Å². The van der Waals surface area contributed by atoms with Crippen molar-refractivity contribution in [3.8, 4) is 0 Å². The maximum absolute atomic E-state index is 11.9. The standard InChI is InChI=1S/C12H20N2O4S/c1-2-10(15)14-8-19-7-9(14)12(18)13-6-4-3-5-11(16)17/h9H,2-8H2,1H3,(H,13,18)(H,16,17). The molecule has 0 aromatic carbocycles. The number of hydrogen-bond acceptors (Lipinski definition) is 4. The first-order chi connectivity index (χ1) is 9.06. The van der Waals surface area contributed by atoms with Gasteiger partial charge in [-0.1, -0.05) is 6.92 Å². The number of carboxylic acid groups (broad SMARTS) is 1. The van der Waals surface area contributed by atoms with Gasteiger partial charge in [-0.3, -0.25) is 14.4 Å². The highest BCUT2D eigenvalue weighted by atomic mass is 32.2. The lowest BCUT2D eigenvalue weighted by molar-refractivity contribution is -0.138. The largest absolute Gasteiger partial charge is 0.481 e. The van der Waals surface area contributed by atoms with Crippen LogP contribution >= 0.6 is 11.8 Å². The molecule has 6 nitrogen and oxygen atoms in total. The monoisotopic (exact) mass is 288 g/mol. The van der Waals surface area contributed by atoms with Crippen LogP contribution in [0.2, 0.25) is 0 Å². The lowest BCUT2D eigenvalue weighted by Crippen LogP contribution is -2.47. The van der Waals surface area contributed by atoms with E-state index in [1.54, 1.807) is 23.6 Å². The van der Waals surface area contributed by atoms with Gasteiger partial charge in [0.25, 0.3) is 0 Å². The molecule has 0 bridgehead atoms. The Kier molecular flexibility index (Phi) is 6.69. The molecule has 108 valence electrons. The first kappa shape index (κ1) is 15.8. The molecule has 1 atom stereocenters. The Morgan fingerprint density at radius 3 is 2.74 bits per heavy atom. The molecule has 0 aliphatic carbocycles. The molecule has 1 saturated heterocycles. The zero-order valence-corrected chi connectivity index (χ0v) is 11.9. The average molecular weight is 288 g/mol. The Hall–Kier alpha value is -1.24. The van der Waals surface area contributed by atoms with E-state index in [0.717, 1.165) is 0 Å². The maximum Gasteiger partial charge on any atom is 0.303 e. The molecule has 7 heteroatoms. The topological polar surface area (TPSA) is 86.7 Å². The molecular formula is C12H20N2O4S. The van der Waals surface area contributed by atoms with E-state index >= 15 is 0 Å². The van der Waals surface area contributed by atoms with Crippen molar-refractivity contribution in [1.82, 2.24) is 10.2 Å². The highest BCUT2D eigenvalue weighted by molar-refractivity contribution is 7.99. The second-order valence-electron chi connectivity index (χ2n) is 4.37. The summed E-state index contributed by atoms with van der Waals surface area (Å²) in [5.74, 6) is 0.243. The fourth-order valence-corrected chi connectivity index (χ4v) is 3.02. The summed E-state index contributed by atoms with van der Waals surface area (Å²) in [5.41, 5.74) is 0. The van der Waals surface area contributed by atoms with E-state index in [4.69, 9.17) is 5.11 Å². The summed E-state index contributed by atoms with van der Waals surface area (Å²) in [5, 5.41) is 11.3. The molecule has 0 saturated carbocycles. The van der Waals surface area contributed by atoms with E-state index in [0.29, 0.717) is 37.4 Å². The zero-order valence-electron chi connectivity index (χ0n) is 11.1. The van der Waals surface area contributed by atoms with Gasteiger partial charge in [-0.15, -0.1) is 11.8 Å². The van der Waals surface area contributed by atoms with Crippen molar-refractivity contribution in [3.63, 3.8) is 0 Å². The molecular weight excluding hydrogens is 268 g/mol. The predicted octanol–water partition coefficient (Wildman–Crippen LogP) is 0.669. The molecule has 1 aliphatic rings. The number of aliphatic carboxylic acids is 1. The van der Waals surface area contributed by atoms with Crippen LogP contribution in [-0.2, 0) is 14.4 Å². The number of nitrogens with zero attached hydrogens (tertiary/aromatic N) is 1. The molecule has 19 heavy (non-hydrogen) atoms. The van der Waals surface area contributed by atoms with Crippen LogP contribution < -0.4 is 5.32 Å². The smallest absolute Gasteiger partial charge is 0.303 e. The highest BCUT2D eigenvalue weighted by Crippen LogP contribution is 2.21. The Morgan fingerprint density at radius 2 is 2.11 bits per heavy atom. The van der Waals surface area contributed by atoms with Gasteiger partial charge in [-0.25, -0.2) is 0 Å². The summed E-state index contributed by atoms with van der Waals surface area (Å²) in [6, 6.07) is -0.378. The van der Waals surface area contributed by atoms with Crippen LogP contribution in [0.5, 0.6) is 0 Å². The SMILES string of the molecule is CCC(=O)N1CSCC1C(=O)NCCCCC(=O)O. The van der Waals surface area contributed by atoms with Gasteiger partial charge in [-0.2, -0.15) is 0 Å². The summed E-state index contributed by atoms with van der Waals surface area (Å²) in [7, 11) is 0. The minimum Gasteiger partial charge on any atom is -0.481 e. The molecule has 1 fully saturated rings. The number of nitrogens with one attached hydrogen (secondary N) is 1. The number of unbranched alkanes of at least 4 members (excludes halogenated alkanes) is 1. The van der Waals surface area contributed by atoms with Crippen LogP contribution in [0, 0.1) is 0 Å². The second kappa shape index (κ2) is 8.04. The van der Waals surface area contributed by atoms with Crippen LogP contribution in [-0.4, -0.2) is 52.0 Å². The molecule has 0 spiro atoms. The summed E-state index contributed by atoms with van der Waals surface area (Å²) in [6.07, 6.45) is 1.71. The van der Waals surface area contributed by atoms with Gasteiger partial charge in [0, 0.05) is 25.1 Å². The Morgan fingerprint density at radius 1 is 1.37 bits per heavy atom. The molecule has 0 radical (unpaired) electrons. The van der Waals surface area contributed by atoms with Crippen molar-refractivity contribution in [2.45, 2.75) is 38.6 Å². The third-order valence-corrected chi connectivity index (χ3v) is 3.94. The van der Waals surface area contributed by atoms with Crippen LogP contribution in [0.3, 0.4) is 0 Å². The summed E-state index contributed by atoms with van der Waals surface area (Å²) in [4.78, 5) is 35.5. The average Bonchev–Trinajstić information content (AvgIpc) is 2.86. The number of carboxylic acids is 1. The summed E-state index contributed by atoms with van der Waals surface area (Å²) < 4.78 is 0. The van der Waals surface area contributed by atoms with Crippen LogP contribution in [0.25, 0.3) is 0 Å². The van der Waals surface area contributed by atoms with Gasteiger partial charge in [0.15, 0.2) is 0 Å². The number of carbonyl (C=O) groups is 3. The Balaban J connectivity index is 2.28. The van der Waals surface area contributed by atoms with Crippen LogP contribution in [0.1, 0.15) is 32.6 Å². The molecule has 2 amide bonds. The van der Waals surface area contributed by atoms with E-state index in [1.807, 2.05) is 0 Å². The summed E-state index contributed by atoms with van der Waals surface area (Å²) in [6.45, 7) is 2.24. The minimum absolute atomic E-state index is 0.00368. The van der Waals surface area contributed by atoms with Crippen LogP contribution in [0.15, 0.2) is 0 Å². The van der Waals surface area contributed by atoms with Gasteiger partial charge < -0.3 is 15.3 Å². The van der Waals surface area contributed by atoms with Gasteiger partial charge in [-0.05, 0) is 12.8 Å². The van der Waals surface area contributed by atoms with Gasteiger partial charge in [0.2, 0.25) is 11.8 Å². The van der Waals surface area contributed by atoms with Crippen molar-refractivity contribution >= 4 is 29.5 Å². The third-order valence-electron chi connectivity index (χ3n) is 2.92. The third kappa shape index (κ3) is 5.10. The van der Waals surface area contributed by atoms with Crippen molar-refractivity contribution < 1.29 is 19.5 Å². The Labute approximate surface area is 116 Å². The maximum atomic E-state index is 11.9.